The van der Waals surface area contributed by atoms with Crippen molar-refractivity contribution in [2.45, 2.75) is 18.9 Å². The van der Waals surface area contributed by atoms with Gasteiger partial charge in [-0.3, -0.25) is 0 Å². The Morgan fingerprint density at radius 1 is 1.07 bits per heavy atom. The highest BCUT2D eigenvalue weighted by atomic mass is 16.1. The Morgan fingerprint density at radius 2 is 1.83 bits per heavy atom. The number of aromatic nitrogens is 3. The Morgan fingerprint density at radius 3 is 2.57 bits per heavy atom. The molecule has 146 valence electrons. The summed E-state index contributed by atoms with van der Waals surface area (Å²) in [6.07, 6.45) is 2.39. The molecule has 1 fully saturated rings. The minimum atomic E-state index is 0.0499. The van der Waals surface area contributed by atoms with Gasteiger partial charge in [0.25, 0.3) is 0 Å². The molecule has 0 unspecified atom stereocenters. The van der Waals surface area contributed by atoms with Gasteiger partial charge < -0.3 is 10.5 Å². The minimum Gasteiger partial charge on any atom is -0.383 e. The van der Waals surface area contributed by atoms with Crippen molar-refractivity contribution in [3.63, 3.8) is 0 Å². The highest BCUT2D eigenvalue weighted by Crippen LogP contribution is 2.40. The molecular formula is C24H19N5O. The number of fused-ring (bicyclic) bond motifs is 1. The molecule has 2 N–H and O–H groups in total. The Kier molecular flexibility index (Phi) is 4.29. The molecule has 0 bridgehead atoms. The summed E-state index contributed by atoms with van der Waals surface area (Å²) in [6.45, 7) is 0. The second-order valence-electron chi connectivity index (χ2n) is 7.66. The molecule has 4 aromatic rings. The van der Waals surface area contributed by atoms with E-state index in [9.17, 15) is 10.1 Å². The van der Waals surface area contributed by atoms with Crippen LogP contribution in [0.5, 0.6) is 0 Å². The third-order valence-corrected chi connectivity index (χ3v) is 5.78. The lowest BCUT2D eigenvalue weighted by Gasteiger charge is -2.32. The summed E-state index contributed by atoms with van der Waals surface area (Å²) in [7, 11) is 0. The van der Waals surface area contributed by atoms with Crippen molar-refractivity contribution in [2.24, 2.45) is 5.92 Å². The number of aldehydes is 1. The van der Waals surface area contributed by atoms with E-state index in [4.69, 9.17) is 10.7 Å². The molecular weight excluding hydrogens is 374 g/mol. The van der Waals surface area contributed by atoms with Crippen molar-refractivity contribution < 1.29 is 4.79 Å². The van der Waals surface area contributed by atoms with Crippen LogP contribution in [0.4, 0.5) is 5.82 Å². The van der Waals surface area contributed by atoms with Crippen molar-refractivity contribution in [3.8, 4) is 28.6 Å². The molecule has 0 spiro atoms. The summed E-state index contributed by atoms with van der Waals surface area (Å²) in [5.74, 6) is 0.404. The first kappa shape index (κ1) is 18.1. The number of benzene rings is 2. The maximum absolute atomic E-state index is 10.9. The summed E-state index contributed by atoms with van der Waals surface area (Å²) >= 11 is 0. The van der Waals surface area contributed by atoms with Crippen molar-refractivity contribution >= 4 is 23.0 Å². The molecule has 0 amide bonds. The van der Waals surface area contributed by atoms with Crippen LogP contribution in [0.2, 0.25) is 0 Å². The largest absolute Gasteiger partial charge is 0.383 e. The Labute approximate surface area is 173 Å². The van der Waals surface area contributed by atoms with E-state index in [1.807, 2.05) is 60.7 Å². The Balaban J connectivity index is 1.57. The third kappa shape index (κ3) is 2.92. The molecule has 1 aliphatic carbocycles. The van der Waals surface area contributed by atoms with Crippen LogP contribution in [-0.4, -0.2) is 21.1 Å². The number of nitriles is 1. The number of rotatable bonds is 4. The van der Waals surface area contributed by atoms with Gasteiger partial charge in [0, 0.05) is 22.4 Å². The molecule has 1 saturated carbocycles. The van der Waals surface area contributed by atoms with Gasteiger partial charge in [-0.05, 0) is 25.0 Å². The molecule has 2 aromatic carbocycles. The zero-order valence-corrected chi connectivity index (χ0v) is 16.2. The fraction of sp³-hybridized carbons (Fsp3) is 0.167. The monoisotopic (exact) mass is 393 g/mol. The number of hydrogen-bond donors (Lipinski definition) is 1. The van der Waals surface area contributed by atoms with Crippen LogP contribution in [-0.2, 0) is 4.79 Å². The van der Waals surface area contributed by atoms with E-state index < -0.39 is 0 Å². The van der Waals surface area contributed by atoms with Crippen LogP contribution in [0.25, 0.3) is 33.4 Å². The number of carbonyl (C=O) groups excluding carboxylic acids is 1. The Bertz CT molecular complexity index is 1300. The Hall–Kier alpha value is -3.98. The van der Waals surface area contributed by atoms with Gasteiger partial charge in [0.05, 0.1) is 17.3 Å². The normalized spacial score (nSPS) is 18.0. The lowest BCUT2D eigenvalue weighted by molar-refractivity contribution is -0.114. The van der Waals surface area contributed by atoms with E-state index in [0.29, 0.717) is 29.9 Å². The maximum atomic E-state index is 10.9. The first-order valence-corrected chi connectivity index (χ1v) is 9.88. The molecule has 0 aliphatic heterocycles. The van der Waals surface area contributed by atoms with Gasteiger partial charge in [-0.2, -0.15) is 10.4 Å². The summed E-state index contributed by atoms with van der Waals surface area (Å²) in [5, 5.41) is 15.4. The number of hydrogen-bond acceptors (Lipinski definition) is 5. The molecule has 1 aliphatic rings. The third-order valence-electron chi connectivity index (χ3n) is 5.78. The zero-order chi connectivity index (χ0) is 20.7. The first-order valence-electron chi connectivity index (χ1n) is 9.88. The molecule has 0 radical (unpaired) electrons. The predicted octanol–water partition coefficient (Wildman–Crippen LogP) is 4.37. The summed E-state index contributed by atoms with van der Waals surface area (Å²) in [4.78, 5) is 15.7. The molecule has 0 saturated heterocycles. The average Bonchev–Trinajstić information content (AvgIpc) is 3.09. The van der Waals surface area contributed by atoms with Gasteiger partial charge in [0.1, 0.15) is 29.4 Å². The van der Waals surface area contributed by atoms with Gasteiger partial charge in [-0.25, -0.2) is 9.67 Å². The van der Waals surface area contributed by atoms with Gasteiger partial charge >= 0.3 is 0 Å². The van der Waals surface area contributed by atoms with E-state index in [-0.39, 0.29) is 12.0 Å². The predicted molar refractivity (Wildman–Crippen MR) is 115 cm³/mol. The minimum absolute atomic E-state index is 0.0499. The van der Waals surface area contributed by atoms with E-state index in [0.717, 1.165) is 34.0 Å². The molecule has 2 aromatic heterocycles. The fourth-order valence-electron chi connectivity index (χ4n) is 4.01. The van der Waals surface area contributed by atoms with Gasteiger partial charge in [-0.1, -0.05) is 48.5 Å². The topological polar surface area (TPSA) is 97.6 Å². The maximum Gasteiger partial charge on any atom is 0.140 e. The lowest BCUT2D eigenvalue weighted by atomic mass is 9.81. The quantitative estimate of drug-likeness (QED) is 0.519. The van der Waals surface area contributed by atoms with Crippen molar-refractivity contribution in [3.05, 3.63) is 66.2 Å². The van der Waals surface area contributed by atoms with Crippen molar-refractivity contribution in [1.29, 1.82) is 5.26 Å². The highest BCUT2D eigenvalue weighted by Gasteiger charge is 2.33. The van der Waals surface area contributed by atoms with E-state index in [2.05, 4.69) is 11.2 Å². The molecule has 0 atom stereocenters. The van der Waals surface area contributed by atoms with E-state index in [1.165, 1.54) is 0 Å². The smallest absolute Gasteiger partial charge is 0.140 e. The summed E-state index contributed by atoms with van der Waals surface area (Å²) < 4.78 is 1.70. The lowest BCUT2D eigenvalue weighted by Crippen LogP contribution is -2.29. The average molecular weight is 393 g/mol. The van der Waals surface area contributed by atoms with E-state index >= 15 is 0 Å². The SMILES string of the molecule is N#Cc1c(-c2ccc3ccc(-c4ccccc4)nc3c2)nn([C@H]2C[C@H](C=O)C2)c1N. The molecule has 6 nitrogen and oxygen atoms in total. The fourth-order valence-corrected chi connectivity index (χ4v) is 4.01. The van der Waals surface area contributed by atoms with Crippen LogP contribution >= 0.6 is 0 Å². The number of nitrogen functional groups attached to an aromatic ring is 1. The number of anilines is 1. The van der Waals surface area contributed by atoms with Crippen LogP contribution < -0.4 is 5.73 Å². The molecule has 5 rings (SSSR count). The number of nitrogens with two attached hydrogens (primary N) is 1. The first-order chi connectivity index (χ1) is 14.7. The second-order valence-corrected chi connectivity index (χ2v) is 7.66. The number of carbonyl (C=O) groups is 1. The summed E-state index contributed by atoms with van der Waals surface area (Å²) in [6, 6.07) is 22.2. The van der Waals surface area contributed by atoms with Crippen LogP contribution in [0.1, 0.15) is 24.4 Å². The molecule has 6 heteroatoms. The van der Waals surface area contributed by atoms with Gasteiger partial charge in [-0.15, -0.1) is 0 Å². The van der Waals surface area contributed by atoms with Crippen molar-refractivity contribution in [1.82, 2.24) is 14.8 Å². The van der Waals surface area contributed by atoms with Gasteiger partial charge in [0.15, 0.2) is 0 Å². The highest BCUT2D eigenvalue weighted by molar-refractivity contribution is 5.87. The number of nitrogens with zero attached hydrogens (tertiary/aromatic N) is 4. The second kappa shape index (κ2) is 7.12. The van der Waals surface area contributed by atoms with Gasteiger partial charge in [0.2, 0.25) is 0 Å². The van der Waals surface area contributed by atoms with E-state index in [1.54, 1.807) is 4.68 Å². The van der Waals surface area contributed by atoms with Crippen molar-refractivity contribution in [2.75, 3.05) is 5.73 Å². The van der Waals surface area contributed by atoms with Crippen LogP contribution in [0, 0.1) is 17.2 Å². The zero-order valence-electron chi connectivity index (χ0n) is 16.2. The molecule has 30 heavy (non-hydrogen) atoms. The standard InChI is InChI=1S/C24H19N5O/c25-13-20-23(28-29(24(20)26)19-10-15(11-19)14-30)18-7-6-17-8-9-21(27-22(17)12-18)16-4-2-1-3-5-16/h1-9,12,14-15,19H,10-11,26H2/t15-,19-. The number of pyridine rings is 1. The van der Waals surface area contributed by atoms with Crippen LogP contribution in [0.3, 0.4) is 0 Å². The summed E-state index contributed by atoms with van der Waals surface area (Å²) in [5.41, 5.74) is 10.7. The van der Waals surface area contributed by atoms with Crippen LogP contribution in [0.15, 0.2) is 60.7 Å². The molecule has 2 heterocycles.